The van der Waals surface area contributed by atoms with Gasteiger partial charge in [0.1, 0.15) is 0 Å². The number of nitrogens with two attached hydrogens (primary N) is 1. The van der Waals surface area contributed by atoms with Crippen molar-refractivity contribution in [3.05, 3.63) is 42.6 Å². The van der Waals surface area contributed by atoms with Crippen LogP contribution in [0.1, 0.15) is 6.92 Å². The van der Waals surface area contributed by atoms with Gasteiger partial charge < -0.3 is 15.8 Å². The fraction of sp³-hybridized carbons (Fsp3) is 0.133. The minimum atomic E-state index is 0.350. The first-order valence-corrected chi connectivity index (χ1v) is 6.64. The normalized spacial score (nSPS) is 10.5. The molecule has 0 aliphatic rings. The molecule has 0 radical (unpaired) electrons. The fourth-order valence-corrected chi connectivity index (χ4v) is 1.93. The van der Waals surface area contributed by atoms with E-state index in [0.29, 0.717) is 24.1 Å². The summed E-state index contributed by atoms with van der Waals surface area (Å²) in [6, 6.07) is 11.2. The van der Waals surface area contributed by atoms with Crippen LogP contribution < -0.4 is 15.8 Å². The predicted octanol–water partition coefficient (Wildman–Crippen LogP) is 2.75. The van der Waals surface area contributed by atoms with Crippen molar-refractivity contribution < 1.29 is 4.74 Å². The first kappa shape index (κ1) is 13.1. The molecule has 0 saturated heterocycles. The minimum Gasteiger partial charge on any atom is -0.478 e. The molecule has 0 saturated carbocycles. The average Bonchev–Trinajstić information content (AvgIpc) is 2.50. The molecule has 3 aromatic rings. The third-order valence-electron chi connectivity index (χ3n) is 2.89. The number of aromatic nitrogens is 3. The maximum atomic E-state index is 5.93. The summed E-state index contributed by atoms with van der Waals surface area (Å²) >= 11 is 0. The molecular formula is C15H15N5O. The third-order valence-corrected chi connectivity index (χ3v) is 2.89. The summed E-state index contributed by atoms with van der Waals surface area (Å²) in [4.78, 5) is 13.0. The molecule has 2 heterocycles. The summed E-state index contributed by atoms with van der Waals surface area (Å²) in [7, 11) is 0. The molecule has 106 valence electrons. The largest absolute Gasteiger partial charge is 0.478 e. The van der Waals surface area contributed by atoms with Gasteiger partial charge in [0.25, 0.3) is 0 Å². The molecular weight excluding hydrogens is 266 g/mol. The van der Waals surface area contributed by atoms with E-state index in [4.69, 9.17) is 10.5 Å². The Balaban J connectivity index is 1.88. The van der Waals surface area contributed by atoms with E-state index in [1.54, 1.807) is 12.3 Å². The lowest BCUT2D eigenvalue weighted by atomic mass is 10.3. The molecule has 21 heavy (non-hydrogen) atoms. The van der Waals surface area contributed by atoms with Crippen molar-refractivity contribution in [1.29, 1.82) is 0 Å². The molecule has 0 fully saturated rings. The third kappa shape index (κ3) is 2.84. The number of para-hydroxylation sites is 2. The summed E-state index contributed by atoms with van der Waals surface area (Å²) < 4.78 is 5.30. The lowest BCUT2D eigenvalue weighted by Crippen LogP contribution is -2.03. The van der Waals surface area contributed by atoms with Gasteiger partial charge in [0.05, 0.1) is 29.5 Å². The Labute approximate surface area is 122 Å². The number of fused-ring (bicyclic) bond motifs is 1. The van der Waals surface area contributed by atoms with Crippen LogP contribution in [0.25, 0.3) is 11.0 Å². The van der Waals surface area contributed by atoms with E-state index in [2.05, 4.69) is 20.3 Å². The predicted molar refractivity (Wildman–Crippen MR) is 82.6 cm³/mol. The van der Waals surface area contributed by atoms with E-state index in [0.717, 1.165) is 16.7 Å². The van der Waals surface area contributed by atoms with E-state index < -0.39 is 0 Å². The molecule has 1 aromatic carbocycles. The van der Waals surface area contributed by atoms with Gasteiger partial charge in [-0.15, -0.1) is 0 Å². The maximum absolute atomic E-state index is 5.93. The molecule has 0 aliphatic carbocycles. The highest BCUT2D eigenvalue weighted by Gasteiger charge is 2.06. The van der Waals surface area contributed by atoms with Crippen LogP contribution in [-0.2, 0) is 0 Å². The van der Waals surface area contributed by atoms with Gasteiger partial charge in [-0.25, -0.2) is 15.0 Å². The zero-order valence-electron chi connectivity index (χ0n) is 11.6. The van der Waals surface area contributed by atoms with Gasteiger partial charge in [-0.1, -0.05) is 12.1 Å². The Kier molecular flexibility index (Phi) is 3.51. The van der Waals surface area contributed by atoms with Crippen LogP contribution in [-0.4, -0.2) is 21.6 Å². The van der Waals surface area contributed by atoms with Crippen molar-refractivity contribution in [3.63, 3.8) is 0 Å². The van der Waals surface area contributed by atoms with E-state index in [-0.39, 0.29) is 0 Å². The van der Waals surface area contributed by atoms with Gasteiger partial charge >= 0.3 is 0 Å². The van der Waals surface area contributed by atoms with E-state index in [1.165, 1.54) is 0 Å². The van der Waals surface area contributed by atoms with E-state index >= 15 is 0 Å². The number of hydrogen-bond donors (Lipinski definition) is 2. The lowest BCUT2D eigenvalue weighted by molar-refractivity contribution is 0.327. The van der Waals surface area contributed by atoms with Gasteiger partial charge in [-0.3, -0.25) is 0 Å². The van der Waals surface area contributed by atoms with Crippen LogP contribution in [0.15, 0.2) is 42.6 Å². The number of pyridine rings is 1. The fourth-order valence-electron chi connectivity index (χ4n) is 1.93. The quantitative estimate of drug-likeness (QED) is 0.764. The summed E-state index contributed by atoms with van der Waals surface area (Å²) in [5.74, 6) is 1.45. The van der Waals surface area contributed by atoms with E-state index in [1.807, 2.05) is 37.3 Å². The SMILES string of the molecule is CCOc1ccc(Nc2nc3ccccc3nc2N)cn1. The maximum Gasteiger partial charge on any atom is 0.213 e. The molecule has 2 aromatic heterocycles. The molecule has 0 bridgehead atoms. The van der Waals surface area contributed by atoms with Crippen molar-refractivity contribution in [1.82, 2.24) is 15.0 Å². The summed E-state index contributed by atoms with van der Waals surface area (Å²) in [6.45, 7) is 2.50. The minimum absolute atomic E-state index is 0.350. The molecule has 6 heteroatoms. The Morgan fingerprint density at radius 1 is 1.10 bits per heavy atom. The zero-order chi connectivity index (χ0) is 14.7. The smallest absolute Gasteiger partial charge is 0.213 e. The summed E-state index contributed by atoms with van der Waals surface area (Å²) in [5.41, 5.74) is 8.26. The monoisotopic (exact) mass is 281 g/mol. The molecule has 0 atom stereocenters. The zero-order valence-corrected chi connectivity index (χ0v) is 11.6. The molecule has 0 unspecified atom stereocenters. The molecule has 0 amide bonds. The number of nitrogen functional groups attached to an aromatic ring is 1. The number of nitrogens with one attached hydrogen (secondary N) is 1. The van der Waals surface area contributed by atoms with Gasteiger partial charge in [-0.05, 0) is 25.1 Å². The topological polar surface area (TPSA) is 86.0 Å². The molecule has 0 spiro atoms. The van der Waals surface area contributed by atoms with Gasteiger partial charge in [0.2, 0.25) is 5.88 Å². The Hall–Kier alpha value is -2.89. The number of benzene rings is 1. The van der Waals surface area contributed by atoms with Crippen molar-refractivity contribution in [2.24, 2.45) is 0 Å². The van der Waals surface area contributed by atoms with Crippen LogP contribution in [0.3, 0.4) is 0 Å². The van der Waals surface area contributed by atoms with Crippen LogP contribution in [0.2, 0.25) is 0 Å². The Bertz CT molecular complexity index is 758. The van der Waals surface area contributed by atoms with Gasteiger partial charge in [0.15, 0.2) is 11.6 Å². The second kappa shape index (κ2) is 5.62. The first-order chi connectivity index (χ1) is 10.3. The standard InChI is InChI=1S/C15H15N5O/c1-2-21-13-8-7-10(9-17-13)18-15-14(16)19-11-5-3-4-6-12(11)20-15/h3-9H,2H2,1H3,(H2,16,19)(H,18,20). The number of anilines is 3. The van der Waals surface area contributed by atoms with Crippen molar-refractivity contribution in [2.45, 2.75) is 6.92 Å². The summed E-state index contributed by atoms with van der Waals surface area (Å²) in [6.07, 6.45) is 1.67. The van der Waals surface area contributed by atoms with Crippen LogP contribution in [0.4, 0.5) is 17.3 Å². The van der Waals surface area contributed by atoms with Crippen molar-refractivity contribution in [2.75, 3.05) is 17.7 Å². The number of ether oxygens (including phenoxy) is 1. The van der Waals surface area contributed by atoms with Crippen LogP contribution in [0, 0.1) is 0 Å². The average molecular weight is 281 g/mol. The molecule has 3 rings (SSSR count). The summed E-state index contributed by atoms with van der Waals surface area (Å²) in [5, 5.41) is 3.12. The van der Waals surface area contributed by atoms with Gasteiger partial charge in [-0.2, -0.15) is 0 Å². The molecule has 6 nitrogen and oxygen atoms in total. The second-order valence-electron chi connectivity index (χ2n) is 4.39. The number of hydrogen-bond acceptors (Lipinski definition) is 6. The lowest BCUT2D eigenvalue weighted by Gasteiger charge is -2.09. The van der Waals surface area contributed by atoms with E-state index in [9.17, 15) is 0 Å². The molecule has 3 N–H and O–H groups in total. The van der Waals surface area contributed by atoms with Crippen LogP contribution in [0.5, 0.6) is 5.88 Å². The number of nitrogens with zero attached hydrogens (tertiary/aromatic N) is 3. The Morgan fingerprint density at radius 2 is 1.86 bits per heavy atom. The molecule has 0 aliphatic heterocycles. The first-order valence-electron chi connectivity index (χ1n) is 6.64. The highest BCUT2D eigenvalue weighted by atomic mass is 16.5. The highest BCUT2D eigenvalue weighted by molar-refractivity contribution is 5.80. The van der Waals surface area contributed by atoms with Gasteiger partial charge in [0, 0.05) is 6.07 Å². The van der Waals surface area contributed by atoms with Crippen molar-refractivity contribution in [3.8, 4) is 5.88 Å². The van der Waals surface area contributed by atoms with Crippen molar-refractivity contribution >= 4 is 28.4 Å². The second-order valence-corrected chi connectivity index (χ2v) is 4.39. The Morgan fingerprint density at radius 3 is 2.52 bits per heavy atom. The number of rotatable bonds is 4. The van der Waals surface area contributed by atoms with Crippen LogP contribution >= 0.6 is 0 Å². The highest BCUT2D eigenvalue weighted by Crippen LogP contribution is 2.22.